The lowest BCUT2D eigenvalue weighted by Crippen LogP contribution is -2.55. The fourth-order valence-corrected chi connectivity index (χ4v) is 2.74. The number of hydrogen-bond donors (Lipinski definition) is 2. The maximum absolute atomic E-state index is 13.5. The number of rotatable bonds is 6. The predicted octanol–water partition coefficient (Wildman–Crippen LogP) is 2.05. The number of amides is 1. The molecule has 0 aromatic heterocycles. The summed E-state index contributed by atoms with van der Waals surface area (Å²) >= 11 is 1.09. The number of thioether (sulfide) groups is 1. The van der Waals surface area contributed by atoms with Gasteiger partial charge >= 0.3 is 0 Å². The third-order valence-electron chi connectivity index (χ3n) is 3.05. The molecule has 1 fully saturated rings. The predicted molar refractivity (Wildman–Crippen MR) is 70.8 cm³/mol. The van der Waals surface area contributed by atoms with Crippen molar-refractivity contribution < 1.29 is 13.6 Å². The fourth-order valence-electron chi connectivity index (χ4n) is 1.67. The standard InChI is InChI=1S/C13H16F2N2OS/c1-13(12(16)18,17-9-3-4-9)7-19-11-6-8(14)2-5-10(11)15/h2,5-6,9,17H,3-4,7H2,1H3,(H2,16,18). The molecule has 0 radical (unpaired) electrons. The zero-order valence-corrected chi connectivity index (χ0v) is 11.4. The third kappa shape index (κ3) is 3.67. The van der Waals surface area contributed by atoms with E-state index in [1.165, 1.54) is 0 Å². The molecular formula is C13H16F2N2OS. The first-order valence-corrected chi connectivity index (χ1v) is 7.05. The first-order chi connectivity index (χ1) is 8.90. The minimum absolute atomic E-state index is 0.185. The molecule has 1 atom stereocenters. The van der Waals surface area contributed by atoms with Gasteiger partial charge in [0.25, 0.3) is 0 Å². The maximum Gasteiger partial charge on any atom is 0.238 e. The maximum atomic E-state index is 13.5. The largest absolute Gasteiger partial charge is 0.368 e. The van der Waals surface area contributed by atoms with E-state index in [2.05, 4.69) is 5.32 Å². The van der Waals surface area contributed by atoms with Crippen molar-refractivity contribution in [3.05, 3.63) is 29.8 Å². The van der Waals surface area contributed by atoms with E-state index in [0.717, 1.165) is 42.8 Å². The minimum Gasteiger partial charge on any atom is -0.368 e. The lowest BCUT2D eigenvalue weighted by molar-refractivity contribution is -0.123. The van der Waals surface area contributed by atoms with Crippen LogP contribution in [0.4, 0.5) is 8.78 Å². The van der Waals surface area contributed by atoms with E-state index in [1.807, 2.05) is 0 Å². The zero-order valence-electron chi connectivity index (χ0n) is 10.6. The van der Waals surface area contributed by atoms with Crippen molar-refractivity contribution in [1.29, 1.82) is 0 Å². The molecule has 3 N–H and O–H groups in total. The van der Waals surface area contributed by atoms with Crippen LogP contribution in [0.1, 0.15) is 19.8 Å². The van der Waals surface area contributed by atoms with Crippen molar-refractivity contribution in [3.8, 4) is 0 Å². The molecule has 1 saturated carbocycles. The van der Waals surface area contributed by atoms with E-state index < -0.39 is 23.1 Å². The smallest absolute Gasteiger partial charge is 0.238 e. The third-order valence-corrected chi connectivity index (χ3v) is 4.40. The quantitative estimate of drug-likeness (QED) is 0.787. The van der Waals surface area contributed by atoms with Crippen LogP contribution in [-0.2, 0) is 4.79 Å². The SMILES string of the molecule is CC(CSc1cc(F)ccc1F)(NC1CC1)C(N)=O. The molecule has 1 amide bonds. The number of halogens is 2. The molecule has 1 aromatic rings. The zero-order chi connectivity index (χ0) is 14.0. The average Bonchev–Trinajstić information content (AvgIpc) is 3.14. The van der Waals surface area contributed by atoms with Crippen LogP contribution >= 0.6 is 11.8 Å². The Hall–Kier alpha value is -1.14. The Labute approximate surface area is 114 Å². The number of benzene rings is 1. The fraction of sp³-hybridized carbons (Fsp3) is 0.462. The van der Waals surface area contributed by atoms with Gasteiger partial charge in [0.2, 0.25) is 5.91 Å². The van der Waals surface area contributed by atoms with E-state index in [-0.39, 0.29) is 10.6 Å². The van der Waals surface area contributed by atoms with Gasteiger partial charge in [0.1, 0.15) is 17.2 Å². The van der Waals surface area contributed by atoms with Crippen LogP contribution in [0.2, 0.25) is 0 Å². The summed E-state index contributed by atoms with van der Waals surface area (Å²) in [6.45, 7) is 1.69. The van der Waals surface area contributed by atoms with Crippen molar-refractivity contribution in [1.82, 2.24) is 5.32 Å². The highest BCUT2D eigenvalue weighted by atomic mass is 32.2. The molecule has 2 rings (SSSR count). The van der Waals surface area contributed by atoms with Crippen molar-refractivity contribution in [2.45, 2.75) is 36.2 Å². The lowest BCUT2D eigenvalue weighted by atomic mass is 10.1. The molecule has 1 aliphatic carbocycles. The van der Waals surface area contributed by atoms with Crippen molar-refractivity contribution in [2.75, 3.05) is 5.75 Å². The van der Waals surface area contributed by atoms with Gasteiger partial charge < -0.3 is 11.1 Å². The summed E-state index contributed by atoms with van der Waals surface area (Å²) < 4.78 is 26.6. The molecular weight excluding hydrogens is 270 g/mol. The number of nitrogens with two attached hydrogens (primary N) is 1. The highest BCUT2D eigenvalue weighted by Gasteiger charge is 2.37. The van der Waals surface area contributed by atoms with E-state index in [0.29, 0.717) is 6.04 Å². The molecule has 0 heterocycles. The van der Waals surface area contributed by atoms with Gasteiger partial charge in [-0.1, -0.05) is 0 Å². The number of hydrogen-bond acceptors (Lipinski definition) is 3. The van der Waals surface area contributed by atoms with Crippen LogP contribution in [0.15, 0.2) is 23.1 Å². The Morgan fingerprint density at radius 1 is 1.53 bits per heavy atom. The first-order valence-electron chi connectivity index (χ1n) is 6.06. The highest BCUT2D eigenvalue weighted by molar-refractivity contribution is 7.99. The Balaban J connectivity index is 2.05. The minimum atomic E-state index is -0.912. The van der Waals surface area contributed by atoms with Gasteiger partial charge in [0.15, 0.2) is 0 Å². The molecule has 0 bridgehead atoms. The second kappa shape index (κ2) is 5.46. The van der Waals surface area contributed by atoms with Crippen LogP contribution in [0.25, 0.3) is 0 Å². The normalized spacial score (nSPS) is 18.1. The van der Waals surface area contributed by atoms with Gasteiger partial charge in [-0.15, -0.1) is 11.8 Å². The summed E-state index contributed by atoms with van der Waals surface area (Å²) in [7, 11) is 0. The Kier molecular flexibility index (Phi) is 4.10. The molecule has 0 spiro atoms. The molecule has 104 valence electrons. The van der Waals surface area contributed by atoms with Crippen LogP contribution < -0.4 is 11.1 Å². The molecule has 1 unspecified atom stereocenters. The van der Waals surface area contributed by atoms with Gasteiger partial charge in [-0.3, -0.25) is 4.79 Å². The second-order valence-corrected chi connectivity index (χ2v) is 6.00. The summed E-state index contributed by atoms with van der Waals surface area (Å²) in [6, 6.07) is 3.57. The first kappa shape index (κ1) is 14.3. The molecule has 1 aliphatic rings. The summed E-state index contributed by atoms with van der Waals surface area (Å²) in [6.07, 6.45) is 2.03. The average molecular weight is 286 g/mol. The Morgan fingerprint density at radius 2 is 2.21 bits per heavy atom. The van der Waals surface area contributed by atoms with Crippen LogP contribution in [-0.4, -0.2) is 23.2 Å². The van der Waals surface area contributed by atoms with E-state index in [1.54, 1.807) is 6.92 Å². The number of carbonyl (C=O) groups excluding carboxylic acids is 1. The number of carbonyl (C=O) groups is 1. The summed E-state index contributed by atoms with van der Waals surface area (Å²) in [5.74, 6) is -1.22. The van der Waals surface area contributed by atoms with E-state index in [9.17, 15) is 13.6 Å². The number of primary amides is 1. The van der Waals surface area contributed by atoms with Gasteiger partial charge in [-0.2, -0.15) is 0 Å². The van der Waals surface area contributed by atoms with Gasteiger partial charge in [-0.05, 0) is 38.0 Å². The second-order valence-electron chi connectivity index (χ2n) is 4.98. The molecule has 6 heteroatoms. The van der Waals surface area contributed by atoms with Crippen LogP contribution in [0.5, 0.6) is 0 Å². The molecule has 1 aromatic carbocycles. The Bertz CT molecular complexity index is 494. The highest BCUT2D eigenvalue weighted by Crippen LogP contribution is 2.29. The van der Waals surface area contributed by atoms with Gasteiger partial charge in [-0.25, -0.2) is 8.78 Å². The lowest BCUT2D eigenvalue weighted by Gasteiger charge is -2.27. The van der Waals surface area contributed by atoms with Crippen molar-refractivity contribution >= 4 is 17.7 Å². The van der Waals surface area contributed by atoms with E-state index >= 15 is 0 Å². The summed E-state index contributed by atoms with van der Waals surface area (Å²) in [5, 5.41) is 3.16. The van der Waals surface area contributed by atoms with Crippen LogP contribution in [0, 0.1) is 11.6 Å². The summed E-state index contributed by atoms with van der Waals surface area (Å²) in [5.41, 5.74) is 4.48. The van der Waals surface area contributed by atoms with Gasteiger partial charge in [0, 0.05) is 16.7 Å². The monoisotopic (exact) mass is 286 g/mol. The number of nitrogens with one attached hydrogen (secondary N) is 1. The van der Waals surface area contributed by atoms with Crippen molar-refractivity contribution in [2.24, 2.45) is 5.73 Å². The Morgan fingerprint density at radius 3 is 2.79 bits per heavy atom. The summed E-state index contributed by atoms with van der Waals surface area (Å²) in [4.78, 5) is 11.7. The molecule has 0 aliphatic heterocycles. The molecule has 0 saturated heterocycles. The van der Waals surface area contributed by atoms with Crippen LogP contribution in [0.3, 0.4) is 0 Å². The van der Waals surface area contributed by atoms with Gasteiger partial charge in [0.05, 0.1) is 0 Å². The topological polar surface area (TPSA) is 55.1 Å². The molecule has 19 heavy (non-hydrogen) atoms. The van der Waals surface area contributed by atoms with E-state index in [4.69, 9.17) is 5.73 Å². The molecule has 3 nitrogen and oxygen atoms in total. The van der Waals surface area contributed by atoms with Crippen molar-refractivity contribution in [3.63, 3.8) is 0 Å².